The van der Waals surface area contributed by atoms with Crippen LogP contribution in [0, 0.1) is 0 Å². The van der Waals surface area contributed by atoms with Gasteiger partial charge in [-0.2, -0.15) is 0 Å². The second kappa shape index (κ2) is 4.37. The highest BCUT2D eigenvalue weighted by Crippen LogP contribution is 2.58. The Labute approximate surface area is 104 Å². The van der Waals surface area contributed by atoms with Gasteiger partial charge in [-0.25, -0.2) is 4.31 Å². The zero-order chi connectivity index (χ0) is 11.8. The normalized spacial score (nSPS) is 19.7. The van der Waals surface area contributed by atoms with Gasteiger partial charge >= 0.3 is 0 Å². The summed E-state index contributed by atoms with van der Waals surface area (Å²) in [7, 11) is -3.10. The third kappa shape index (κ3) is 1.75. The molecule has 1 aliphatic heterocycles. The monoisotopic (exact) mass is 305 g/mol. The Bertz CT molecular complexity index is 424. The third-order valence-electron chi connectivity index (χ3n) is 2.44. The molecule has 0 spiro atoms. The van der Waals surface area contributed by atoms with Crippen LogP contribution in [0.5, 0.6) is 0 Å². The fraction of sp³-hybridized carbons (Fsp3) is 0.300. The predicted molar refractivity (Wildman–Crippen MR) is 67.0 cm³/mol. The summed E-state index contributed by atoms with van der Waals surface area (Å²) in [5, 5.41) is 0.725. The largest absolute Gasteiger partial charge is 0.277 e. The molecule has 1 heterocycles. The maximum absolute atomic E-state index is 11.9. The highest BCUT2D eigenvalue weighted by atomic mass is 79.9. The number of hydrogen-bond acceptors (Lipinski definition) is 3. The molecule has 0 unspecified atom stereocenters. The van der Waals surface area contributed by atoms with Gasteiger partial charge in [0, 0.05) is 11.9 Å². The van der Waals surface area contributed by atoms with Crippen molar-refractivity contribution in [1.82, 2.24) is 4.31 Å². The molecule has 88 valence electrons. The van der Waals surface area contributed by atoms with Crippen LogP contribution in [0.3, 0.4) is 0 Å². The van der Waals surface area contributed by atoms with Gasteiger partial charge in [0.15, 0.2) is 0 Å². The molecule has 1 aromatic rings. The van der Waals surface area contributed by atoms with Crippen LogP contribution in [0.25, 0.3) is 0 Å². The summed E-state index contributed by atoms with van der Waals surface area (Å²) >= 11 is 3.26. The molecule has 0 aliphatic carbocycles. The Hall–Kier alpha value is -0.560. The second-order valence-electron chi connectivity index (χ2n) is 3.46. The van der Waals surface area contributed by atoms with Crippen LogP contribution in [0.1, 0.15) is 16.8 Å². The molecular weight excluding hydrogens is 294 g/mol. The van der Waals surface area contributed by atoms with Gasteiger partial charge < -0.3 is 0 Å². The summed E-state index contributed by atoms with van der Waals surface area (Å²) in [6, 6.07) is 6.64. The fourth-order valence-electron chi connectivity index (χ4n) is 1.68. The lowest BCUT2D eigenvalue weighted by molar-refractivity contribution is 0.0863. The quantitative estimate of drug-likeness (QED) is 0.844. The Morgan fingerprint density at radius 3 is 2.62 bits per heavy atom. The van der Waals surface area contributed by atoms with Crippen molar-refractivity contribution in [2.75, 3.05) is 11.9 Å². The first-order valence-electron chi connectivity index (χ1n) is 4.84. The maximum atomic E-state index is 11.9. The van der Waals surface area contributed by atoms with Crippen LogP contribution in [-0.4, -0.2) is 31.2 Å². The Morgan fingerprint density at radius 2 is 2.00 bits per heavy atom. The predicted octanol–water partition coefficient (Wildman–Crippen LogP) is 2.95. The molecule has 6 heteroatoms. The van der Waals surface area contributed by atoms with Gasteiger partial charge in [0.25, 0.3) is 5.91 Å². The number of nitrogens with zero attached hydrogens (tertiary/aromatic N) is 1. The summed E-state index contributed by atoms with van der Waals surface area (Å²) in [5.41, 5.74) is 0.400. The summed E-state index contributed by atoms with van der Waals surface area (Å²) in [4.78, 5) is 12.3. The van der Waals surface area contributed by atoms with E-state index >= 15 is 0 Å². The number of benzene rings is 1. The maximum Gasteiger partial charge on any atom is 0.274 e. The zero-order valence-electron chi connectivity index (χ0n) is 8.47. The smallest absolute Gasteiger partial charge is 0.274 e. The molecule has 0 atom stereocenters. The van der Waals surface area contributed by atoms with Crippen LogP contribution in [0.15, 0.2) is 29.2 Å². The van der Waals surface area contributed by atoms with E-state index in [2.05, 4.69) is 15.9 Å². The first kappa shape index (κ1) is 11.9. The SMILES string of the molecule is O=C1c2ccccc2S(O)(O)N1CCCBr. The minimum Gasteiger partial charge on any atom is -0.277 e. The van der Waals surface area contributed by atoms with E-state index in [0.29, 0.717) is 23.4 Å². The number of rotatable bonds is 3. The highest BCUT2D eigenvalue weighted by Gasteiger charge is 2.40. The number of carbonyl (C=O) groups is 1. The van der Waals surface area contributed by atoms with Gasteiger partial charge in [0.2, 0.25) is 0 Å². The van der Waals surface area contributed by atoms with Crippen LogP contribution in [-0.2, 0) is 0 Å². The Morgan fingerprint density at radius 1 is 1.31 bits per heavy atom. The lowest BCUT2D eigenvalue weighted by Gasteiger charge is -2.36. The van der Waals surface area contributed by atoms with E-state index in [-0.39, 0.29) is 5.91 Å². The number of alkyl halides is 1. The molecule has 0 bridgehead atoms. The van der Waals surface area contributed by atoms with E-state index in [1.54, 1.807) is 24.3 Å². The molecule has 0 fully saturated rings. The van der Waals surface area contributed by atoms with E-state index < -0.39 is 10.8 Å². The molecule has 0 radical (unpaired) electrons. The number of carbonyl (C=O) groups excluding carboxylic acids is 1. The van der Waals surface area contributed by atoms with Crippen molar-refractivity contribution in [3.63, 3.8) is 0 Å². The van der Waals surface area contributed by atoms with Crippen molar-refractivity contribution >= 4 is 32.6 Å². The standard InChI is InChI=1S/C10H12BrNO3S/c11-6-3-7-12-10(13)8-4-1-2-5-9(8)16(12,14)15/h1-2,4-5,14-15H,3,6-7H2. The van der Waals surface area contributed by atoms with E-state index in [9.17, 15) is 13.9 Å². The minimum absolute atomic E-state index is 0.295. The molecule has 4 nitrogen and oxygen atoms in total. The van der Waals surface area contributed by atoms with Gasteiger partial charge in [-0.3, -0.25) is 13.9 Å². The van der Waals surface area contributed by atoms with Gasteiger partial charge in [0.05, 0.1) is 10.5 Å². The van der Waals surface area contributed by atoms with Crippen molar-refractivity contribution in [2.24, 2.45) is 0 Å². The molecular formula is C10H12BrNO3S. The molecule has 0 aromatic heterocycles. The number of halogens is 1. The van der Waals surface area contributed by atoms with Gasteiger partial charge in [0.1, 0.15) is 0 Å². The molecule has 2 rings (SSSR count). The lowest BCUT2D eigenvalue weighted by Crippen LogP contribution is -2.28. The first-order valence-corrected chi connectivity index (χ1v) is 7.47. The minimum atomic E-state index is -3.10. The summed E-state index contributed by atoms with van der Waals surface area (Å²) in [5.74, 6) is -0.295. The van der Waals surface area contributed by atoms with E-state index in [1.165, 1.54) is 4.31 Å². The van der Waals surface area contributed by atoms with Gasteiger partial charge in [-0.15, -0.1) is 0 Å². The third-order valence-corrected chi connectivity index (χ3v) is 4.91. The Balaban J connectivity index is 2.37. The zero-order valence-corrected chi connectivity index (χ0v) is 10.9. The molecule has 16 heavy (non-hydrogen) atoms. The van der Waals surface area contributed by atoms with E-state index in [1.807, 2.05) is 0 Å². The first-order chi connectivity index (χ1) is 7.59. The van der Waals surface area contributed by atoms with E-state index in [0.717, 1.165) is 5.33 Å². The number of amides is 1. The van der Waals surface area contributed by atoms with Crippen LogP contribution >= 0.6 is 26.7 Å². The van der Waals surface area contributed by atoms with Crippen molar-refractivity contribution in [2.45, 2.75) is 11.3 Å². The van der Waals surface area contributed by atoms with Gasteiger partial charge in [-0.1, -0.05) is 38.8 Å². The molecule has 0 saturated carbocycles. The average Bonchev–Trinajstić information content (AvgIpc) is 2.46. The molecule has 1 aliphatic rings. The van der Waals surface area contributed by atoms with Crippen LogP contribution < -0.4 is 0 Å². The summed E-state index contributed by atoms with van der Waals surface area (Å²) in [6.07, 6.45) is 0.690. The van der Waals surface area contributed by atoms with Crippen molar-refractivity contribution in [3.05, 3.63) is 29.8 Å². The molecule has 1 aromatic carbocycles. The molecule has 2 N–H and O–H groups in total. The second-order valence-corrected chi connectivity index (χ2v) is 6.18. The van der Waals surface area contributed by atoms with Crippen molar-refractivity contribution in [1.29, 1.82) is 0 Å². The topological polar surface area (TPSA) is 60.8 Å². The summed E-state index contributed by atoms with van der Waals surface area (Å²) < 4.78 is 21.2. The molecule has 0 saturated heterocycles. The van der Waals surface area contributed by atoms with Crippen LogP contribution in [0.4, 0.5) is 0 Å². The van der Waals surface area contributed by atoms with Crippen LogP contribution in [0.2, 0.25) is 0 Å². The fourth-order valence-corrected chi connectivity index (χ4v) is 3.60. The van der Waals surface area contributed by atoms with Crippen molar-refractivity contribution < 1.29 is 13.9 Å². The average molecular weight is 306 g/mol. The van der Waals surface area contributed by atoms with Gasteiger partial charge in [-0.05, 0) is 18.6 Å². The highest BCUT2D eigenvalue weighted by molar-refractivity contribution is 9.09. The summed E-state index contributed by atoms with van der Waals surface area (Å²) in [6.45, 7) is 0.348. The number of hydrogen-bond donors (Lipinski definition) is 2. The Kier molecular flexibility index (Phi) is 3.25. The number of fused-ring (bicyclic) bond motifs is 1. The van der Waals surface area contributed by atoms with Crippen molar-refractivity contribution in [3.8, 4) is 0 Å². The van der Waals surface area contributed by atoms with E-state index in [4.69, 9.17) is 0 Å². The lowest BCUT2D eigenvalue weighted by atomic mass is 10.2. The molecule has 1 amide bonds.